The van der Waals surface area contributed by atoms with Crippen molar-refractivity contribution in [2.24, 2.45) is 11.7 Å². The molecule has 0 aromatic heterocycles. The van der Waals surface area contributed by atoms with Gasteiger partial charge in [0.25, 0.3) is 15.9 Å². The van der Waals surface area contributed by atoms with Gasteiger partial charge in [0.1, 0.15) is 0 Å². The lowest BCUT2D eigenvalue weighted by Gasteiger charge is -2.17. The van der Waals surface area contributed by atoms with Crippen LogP contribution in [0.3, 0.4) is 0 Å². The van der Waals surface area contributed by atoms with Crippen molar-refractivity contribution in [3.05, 3.63) is 29.3 Å². The van der Waals surface area contributed by atoms with Crippen LogP contribution in [0.4, 0.5) is 0 Å². The lowest BCUT2D eigenvalue weighted by atomic mass is 10.0. The number of amides is 2. The first kappa shape index (κ1) is 16.4. The molecular weight excluding hydrogens is 306 g/mol. The van der Waals surface area contributed by atoms with E-state index in [2.05, 4.69) is 5.32 Å². The molecule has 1 aliphatic rings. The summed E-state index contributed by atoms with van der Waals surface area (Å²) in [6, 6.07) is 4.31. The van der Waals surface area contributed by atoms with Gasteiger partial charge in [-0.3, -0.25) is 9.59 Å². The molecule has 0 aliphatic carbocycles. The fourth-order valence-electron chi connectivity index (χ4n) is 2.21. The molecule has 2 amide bonds. The lowest BCUT2D eigenvalue weighted by Crippen LogP contribution is -2.34. The van der Waals surface area contributed by atoms with E-state index in [1.165, 1.54) is 12.1 Å². The minimum atomic E-state index is -3.99. The van der Waals surface area contributed by atoms with Gasteiger partial charge in [-0.2, -0.15) is 0 Å². The predicted molar refractivity (Wildman–Crippen MR) is 80.6 cm³/mol. The summed E-state index contributed by atoms with van der Waals surface area (Å²) < 4.78 is 26.4. The summed E-state index contributed by atoms with van der Waals surface area (Å²) in [5.41, 5.74) is 6.54. The molecule has 1 aromatic rings. The minimum Gasteiger partial charge on any atom is -0.352 e. The Morgan fingerprint density at radius 3 is 2.86 bits per heavy atom. The van der Waals surface area contributed by atoms with Gasteiger partial charge in [-0.1, -0.05) is 13.0 Å². The molecule has 7 nitrogen and oxygen atoms in total. The second-order valence-corrected chi connectivity index (χ2v) is 7.08. The SMILES string of the molecule is CC(CN)CC(=O)NS(=O)(=O)c1ccc2c(c1)C(=O)NCC2. The summed E-state index contributed by atoms with van der Waals surface area (Å²) in [5.74, 6) is -1.02. The van der Waals surface area contributed by atoms with Crippen LogP contribution in [0.25, 0.3) is 0 Å². The molecule has 120 valence electrons. The number of carbonyl (C=O) groups is 2. The molecule has 0 saturated heterocycles. The second-order valence-electron chi connectivity index (χ2n) is 5.40. The van der Waals surface area contributed by atoms with Gasteiger partial charge in [-0.25, -0.2) is 13.1 Å². The fourth-order valence-corrected chi connectivity index (χ4v) is 3.23. The van der Waals surface area contributed by atoms with Crippen LogP contribution < -0.4 is 15.8 Å². The molecule has 1 heterocycles. The average Bonchev–Trinajstić information content (AvgIpc) is 2.46. The number of hydrogen-bond donors (Lipinski definition) is 3. The van der Waals surface area contributed by atoms with Gasteiger partial charge in [0.15, 0.2) is 0 Å². The van der Waals surface area contributed by atoms with E-state index >= 15 is 0 Å². The normalized spacial score (nSPS) is 15.6. The molecule has 1 aromatic carbocycles. The van der Waals surface area contributed by atoms with Crippen LogP contribution in [-0.2, 0) is 21.2 Å². The Morgan fingerprint density at radius 2 is 2.18 bits per heavy atom. The van der Waals surface area contributed by atoms with Crippen molar-refractivity contribution in [2.45, 2.75) is 24.7 Å². The largest absolute Gasteiger partial charge is 0.352 e. The van der Waals surface area contributed by atoms with Crippen LogP contribution in [0.5, 0.6) is 0 Å². The Morgan fingerprint density at radius 1 is 1.45 bits per heavy atom. The Hall–Kier alpha value is -1.93. The maximum Gasteiger partial charge on any atom is 0.264 e. The van der Waals surface area contributed by atoms with Gasteiger partial charge in [0.05, 0.1) is 4.90 Å². The number of carbonyl (C=O) groups excluding carboxylic acids is 2. The van der Waals surface area contributed by atoms with E-state index in [0.29, 0.717) is 25.1 Å². The van der Waals surface area contributed by atoms with Crippen molar-refractivity contribution in [2.75, 3.05) is 13.1 Å². The third kappa shape index (κ3) is 3.63. The molecule has 0 spiro atoms. The highest BCUT2D eigenvalue weighted by atomic mass is 32.2. The number of fused-ring (bicyclic) bond motifs is 1. The van der Waals surface area contributed by atoms with Crippen molar-refractivity contribution in [1.29, 1.82) is 0 Å². The van der Waals surface area contributed by atoms with E-state index < -0.39 is 15.9 Å². The highest BCUT2D eigenvalue weighted by Gasteiger charge is 2.23. The third-order valence-electron chi connectivity index (χ3n) is 3.50. The van der Waals surface area contributed by atoms with Crippen molar-refractivity contribution < 1.29 is 18.0 Å². The van der Waals surface area contributed by atoms with Crippen molar-refractivity contribution >= 4 is 21.8 Å². The van der Waals surface area contributed by atoms with Crippen LogP contribution >= 0.6 is 0 Å². The Labute approximate surface area is 129 Å². The Balaban J connectivity index is 2.21. The van der Waals surface area contributed by atoms with Crippen LogP contribution in [0.1, 0.15) is 29.3 Å². The summed E-state index contributed by atoms with van der Waals surface area (Å²) >= 11 is 0. The number of hydrogen-bond acceptors (Lipinski definition) is 5. The smallest absolute Gasteiger partial charge is 0.264 e. The minimum absolute atomic E-state index is 0.0289. The van der Waals surface area contributed by atoms with E-state index in [9.17, 15) is 18.0 Å². The highest BCUT2D eigenvalue weighted by molar-refractivity contribution is 7.90. The summed E-state index contributed by atoms with van der Waals surface area (Å²) in [5, 5.41) is 2.66. The molecule has 8 heteroatoms. The van der Waals surface area contributed by atoms with E-state index in [1.807, 2.05) is 4.72 Å². The first-order valence-corrected chi connectivity index (χ1v) is 8.48. The highest BCUT2D eigenvalue weighted by Crippen LogP contribution is 2.19. The Bertz CT molecular complexity index is 700. The zero-order valence-corrected chi connectivity index (χ0v) is 13.1. The van der Waals surface area contributed by atoms with Crippen LogP contribution in [-0.4, -0.2) is 33.3 Å². The topological polar surface area (TPSA) is 118 Å². The van der Waals surface area contributed by atoms with Crippen molar-refractivity contribution in [3.63, 3.8) is 0 Å². The van der Waals surface area contributed by atoms with Gasteiger partial charge in [0.2, 0.25) is 5.91 Å². The summed E-state index contributed by atoms with van der Waals surface area (Å²) in [6.07, 6.45) is 0.683. The molecule has 1 aliphatic heterocycles. The van der Waals surface area contributed by atoms with Crippen molar-refractivity contribution in [1.82, 2.24) is 10.0 Å². The quantitative estimate of drug-likeness (QED) is 0.690. The maximum absolute atomic E-state index is 12.2. The van der Waals surface area contributed by atoms with Gasteiger partial charge in [-0.05, 0) is 36.6 Å². The molecule has 1 unspecified atom stereocenters. The van der Waals surface area contributed by atoms with Crippen LogP contribution in [0, 0.1) is 5.92 Å². The number of benzene rings is 1. The van der Waals surface area contributed by atoms with Crippen LogP contribution in [0.15, 0.2) is 23.1 Å². The standard InChI is InChI=1S/C14H19N3O4S/c1-9(8-15)6-13(18)17-22(20,21)11-3-2-10-4-5-16-14(19)12(10)7-11/h2-3,7,9H,4-6,8,15H2,1H3,(H,16,19)(H,17,18). The fraction of sp³-hybridized carbons (Fsp3) is 0.429. The summed E-state index contributed by atoms with van der Waals surface area (Å²) in [7, 11) is -3.99. The monoisotopic (exact) mass is 325 g/mol. The summed E-state index contributed by atoms with van der Waals surface area (Å²) in [4.78, 5) is 23.4. The van der Waals surface area contributed by atoms with E-state index in [-0.39, 0.29) is 23.1 Å². The molecule has 4 N–H and O–H groups in total. The second kappa shape index (κ2) is 6.45. The molecule has 22 heavy (non-hydrogen) atoms. The van der Waals surface area contributed by atoms with Gasteiger partial charge in [-0.15, -0.1) is 0 Å². The number of rotatable bonds is 5. The third-order valence-corrected chi connectivity index (χ3v) is 4.87. The molecule has 0 saturated carbocycles. The zero-order valence-electron chi connectivity index (χ0n) is 12.3. The first-order chi connectivity index (χ1) is 10.3. The molecule has 0 radical (unpaired) electrons. The van der Waals surface area contributed by atoms with Gasteiger partial charge >= 0.3 is 0 Å². The van der Waals surface area contributed by atoms with E-state index in [0.717, 1.165) is 5.56 Å². The number of nitrogens with one attached hydrogen (secondary N) is 2. The lowest BCUT2D eigenvalue weighted by molar-refractivity contribution is -0.120. The predicted octanol–water partition coefficient (Wildman–Crippen LogP) is -0.238. The van der Waals surface area contributed by atoms with E-state index in [1.54, 1.807) is 13.0 Å². The maximum atomic E-state index is 12.2. The zero-order chi connectivity index (χ0) is 16.3. The molecule has 2 rings (SSSR count). The first-order valence-electron chi connectivity index (χ1n) is 7.00. The van der Waals surface area contributed by atoms with Gasteiger partial charge < -0.3 is 11.1 Å². The molecule has 0 fully saturated rings. The van der Waals surface area contributed by atoms with Crippen molar-refractivity contribution in [3.8, 4) is 0 Å². The van der Waals surface area contributed by atoms with Crippen LogP contribution in [0.2, 0.25) is 0 Å². The van der Waals surface area contributed by atoms with Gasteiger partial charge in [0, 0.05) is 18.5 Å². The average molecular weight is 325 g/mol. The molecule has 0 bridgehead atoms. The van der Waals surface area contributed by atoms with E-state index in [4.69, 9.17) is 5.73 Å². The molecular formula is C14H19N3O4S. The molecule has 1 atom stereocenters. The number of sulfonamides is 1. The Kier molecular flexibility index (Phi) is 4.82. The number of nitrogens with two attached hydrogens (primary N) is 1. The summed E-state index contributed by atoms with van der Waals surface area (Å²) in [6.45, 7) is 2.59.